The van der Waals surface area contributed by atoms with Crippen LogP contribution in [-0.4, -0.2) is 18.8 Å². The molecule has 1 saturated carbocycles. The van der Waals surface area contributed by atoms with Gasteiger partial charge >= 0.3 is 0 Å². The molecule has 1 heterocycles. The lowest BCUT2D eigenvalue weighted by atomic mass is 9.89. The molecule has 0 amide bonds. The Hall–Kier alpha value is -0.860. The van der Waals surface area contributed by atoms with E-state index >= 15 is 0 Å². The van der Waals surface area contributed by atoms with Crippen LogP contribution in [0.15, 0.2) is 24.3 Å². The summed E-state index contributed by atoms with van der Waals surface area (Å²) < 4.78 is 12.2. The van der Waals surface area contributed by atoms with Crippen LogP contribution >= 0.6 is 0 Å². The summed E-state index contributed by atoms with van der Waals surface area (Å²) in [5, 5.41) is 0. The minimum atomic E-state index is -0.0120. The molecule has 1 saturated heterocycles. The predicted octanol–water partition coefficient (Wildman–Crippen LogP) is 2.79. The fraction of sp³-hybridized carbons (Fsp3) is 0.571. The zero-order chi connectivity index (χ0) is 10.6. The van der Waals surface area contributed by atoms with Crippen molar-refractivity contribution >= 4 is 0 Å². The van der Waals surface area contributed by atoms with Gasteiger partial charge in [0.2, 0.25) is 0 Å². The van der Waals surface area contributed by atoms with E-state index in [-0.39, 0.29) is 11.7 Å². The Bertz CT molecular complexity index is 413. The summed E-state index contributed by atoms with van der Waals surface area (Å²) in [6.07, 6.45) is 3.90. The van der Waals surface area contributed by atoms with E-state index in [1.54, 1.807) is 0 Å². The lowest BCUT2D eigenvalue weighted by Gasteiger charge is -2.39. The van der Waals surface area contributed by atoms with Gasteiger partial charge in [0, 0.05) is 5.92 Å². The van der Waals surface area contributed by atoms with Gasteiger partial charge in [-0.3, -0.25) is 0 Å². The van der Waals surface area contributed by atoms with Crippen molar-refractivity contribution in [1.29, 1.82) is 0 Å². The molecule has 4 rings (SSSR count). The van der Waals surface area contributed by atoms with Gasteiger partial charge in [-0.05, 0) is 30.4 Å². The van der Waals surface area contributed by atoms with Crippen molar-refractivity contribution in [2.24, 2.45) is 0 Å². The van der Waals surface area contributed by atoms with Gasteiger partial charge in [0.25, 0.3) is 0 Å². The molecule has 84 valence electrons. The summed E-state index contributed by atoms with van der Waals surface area (Å²) in [6.45, 7) is 1.51. The number of fused-ring (bicyclic) bond motifs is 3. The molecule has 0 unspecified atom stereocenters. The van der Waals surface area contributed by atoms with E-state index in [2.05, 4.69) is 24.3 Å². The van der Waals surface area contributed by atoms with Crippen LogP contribution in [0.3, 0.4) is 0 Å². The molecule has 3 aliphatic rings. The van der Waals surface area contributed by atoms with E-state index in [1.165, 1.54) is 24.0 Å². The second-order valence-electron chi connectivity index (χ2n) is 5.13. The van der Waals surface area contributed by atoms with Crippen molar-refractivity contribution in [1.82, 2.24) is 0 Å². The topological polar surface area (TPSA) is 18.5 Å². The molecule has 2 fully saturated rings. The van der Waals surface area contributed by atoms with E-state index in [4.69, 9.17) is 9.47 Å². The van der Waals surface area contributed by atoms with Crippen molar-refractivity contribution in [3.8, 4) is 0 Å². The van der Waals surface area contributed by atoms with Gasteiger partial charge < -0.3 is 9.47 Å². The van der Waals surface area contributed by atoms with Gasteiger partial charge in [-0.2, -0.15) is 0 Å². The summed E-state index contributed by atoms with van der Waals surface area (Å²) in [6, 6.07) is 8.74. The van der Waals surface area contributed by atoms with Crippen molar-refractivity contribution < 1.29 is 9.47 Å². The van der Waals surface area contributed by atoms with E-state index in [0.717, 1.165) is 19.6 Å². The first-order valence-corrected chi connectivity index (χ1v) is 6.26. The third-order valence-electron chi connectivity index (χ3n) is 4.49. The molecule has 2 heteroatoms. The summed E-state index contributed by atoms with van der Waals surface area (Å²) in [4.78, 5) is 0. The highest BCUT2D eigenvalue weighted by molar-refractivity contribution is 5.44. The molecule has 16 heavy (non-hydrogen) atoms. The van der Waals surface area contributed by atoms with E-state index < -0.39 is 0 Å². The zero-order valence-electron chi connectivity index (χ0n) is 9.32. The molecule has 1 aliphatic heterocycles. The molecule has 0 N–H and O–H groups in total. The van der Waals surface area contributed by atoms with Crippen LogP contribution < -0.4 is 0 Å². The molecule has 0 bridgehead atoms. The van der Waals surface area contributed by atoms with Gasteiger partial charge in [0.1, 0.15) is 11.7 Å². The molecule has 1 aromatic carbocycles. The molecule has 3 atom stereocenters. The highest BCUT2D eigenvalue weighted by Crippen LogP contribution is 2.60. The van der Waals surface area contributed by atoms with Gasteiger partial charge in [-0.25, -0.2) is 0 Å². The summed E-state index contributed by atoms with van der Waals surface area (Å²) >= 11 is 0. The van der Waals surface area contributed by atoms with Gasteiger partial charge in [-0.1, -0.05) is 24.3 Å². The second-order valence-corrected chi connectivity index (χ2v) is 5.13. The van der Waals surface area contributed by atoms with E-state index in [9.17, 15) is 0 Å². The Morgan fingerprint density at radius 3 is 2.94 bits per heavy atom. The van der Waals surface area contributed by atoms with Crippen LogP contribution in [0.1, 0.15) is 42.4 Å². The van der Waals surface area contributed by atoms with Crippen molar-refractivity contribution in [3.63, 3.8) is 0 Å². The quantitative estimate of drug-likeness (QED) is 0.664. The van der Waals surface area contributed by atoms with Crippen LogP contribution in [0, 0.1) is 0 Å². The lowest BCUT2D eigenvalue weighted by molar-refractivity contribution is -0.201. The molecule has 0 radical (unpaired) electrons. The van der Waals surface area contributed by atoms with E-state index in [0.29, 0.717) is 5.92 Å². The molecule has 0 aromatic heterocycles. The molecule has 1 aromatic rings. The van der Waals surface area contributed by atoms with Gasteiger partial charge in [0.15, 0.2) is 0 Å². The maximum Gasteiger partial charge on any atom is 0.112 e. The average Bonchev–Trinajstić information content (AvgIpc) is 2.83. The average molecular weight is 216 g/mol. The Balaban J connectivity index is 1.91. The van der Waals surface area contributed by atoms with Crippen molar-refractivity contribution in [3.05, 3.63) is 35.4 Å². The standard InChI is InChI=1S/C14H16O2/c1-2-5-11-10(4-1)12-6-3-7-14(12)13(11)15-8-9-16-14/h1-2,4-5,12-13H,3,6-9H2/t12-,13-,14+/m1/s1. The largest absolute Gasteiger partial charge is 0.369 e. The smallest absolute Gasteiger partial charge is 0.112 e. The highest BCUT2D eigenvalue weighted by Gasteiger charge is 2.58. The molecular formula is C14H16O2. The van der Waals surface area contributed by atoms with Crippen LogP contribution in [0.2, 0.25) is 0 Å². The maximum atomic E-state index is 6.17. The normalized spacial score (nSPS) is 40.2. The Labute approximate surface area is 95.6 Å². The highest BCUT2D eigenvalue weighted by atomic mass is 16.6. The first-order valence-electron chi connectivity index (χ1n) is 6.26. The molecule has 2 nitrogen and oxygen atoms in total. The minimum absolute atomic E-state index is 0.0120. The number of rotatable bonds is 0. The van der Waals surface area contributed by atoms with Crippen molar-refractivity contribution in [2.45, 2.75) is 36.9 Å². The molecular weight excluding hydrogens is 200 g/mol. The molecule has 1 spiro atoms. The predicted molar refractivity (Wildman–Crippen MR) is 60.4 cm³/mol. The monoisotopic (exact) mass is 216 g/mol. The lowest BCUT2D eigenvalue weighted by Crippen LogP contribution is -2.43. The first kappa shape index (κ1) is 9.20. The fourth-order valence-electron chi connectivity index (χ4n) is 3.94. The van der Waals surface area contributed by atoms with E-state index in [1.807, 2.05) is 0 Å². The minimum Gasteiger partial charge on any atom is -0.369 e. The third-order valence-corrected chi connectivity index (χ3v) is 4.49. The fourth-order valence-corrected chi connectivity index (χ4v) is 3.94. The maximum absolute atomic E-state index is 6.17. The number of hydrogen-bond acceptors (Lipinski definition) is 2. The van der Waals surface area contributed by atoms with Crippen LogP contribution in [0.4, 0.5) is 0 Å². The summed E-state index contributed by atoms with van der Waals surface area (Å²) in [5.74, 6) is 0.578. The second kappa shape index (κ2) is 3.08. The number of hydrogen-bond donors (Lipinski definition) is 0. The SMILES string of the molecule is c1ccc2c(c1)[C@H]1CCC[C@]13OCCO[C@H]23. The first-order chi connectivity index (χ1) is 7.92. The van der Waals surface area contributed by atoms with Crippen molar-refractivity contribution in [2.75, 3.05) is 13.2 Å². The summed E-state index contributed by atoms with van der Waals surface area (Å²) in [7, 11) is 0. The third kappa shape index (κ3) is 0.950. The zero-order valence-corrected chi connectivity index (χ0v) is 9.32. The number of benzene rings is 1. The Morgan fingerprint density at radius 2 is 2.00 bits per heavy atom. The Kier molecular flexibility index (Phi) is 1.77. The van der Waals surface area contributed by atoms with Crippen LogP contribution in [-0.2, 0) is 9.47 Å². The number of ether oxygens (including phenoxy) is 2. The van der Waals surface area contributed by atoms with Gasteiger partial charge in [0.05, 0.1) is 13.2 Å². The van der Waals surface area contributed by atoms with Crippen LogP contribution in [0.5, 0.6) is 0 Å². The Morgan fingerprint density at radius 1 is 1.12 bits per heavy atom. The van der Waals surface area contributed by atoms with Crippen LogP contribution in [0.25, 0.3) is 0 Å². The molecule has 2 aliphatic carbocycles. The summed E-state index contributed by atoms with van der Waals surface area (Å²) in [5.41, 5.74) is 2.85. The van der Waals surface area contributed by atoms with Gasteiger partial charge in [-0.15, -0.1) is 0 Å².